The molecule has 100 valence electrons. The smallest absolute Gasteiger partial charge is 0.119 e. The molecule has 0 aromatic heterocycles. The Morgan fingerprint density at radius 3 is 2.89 bits per heavy atom. The molecule has 1 saturated carbocycles. The fourth-order valence-electron chi connectivity index (χ4n) is 2.74. The predicted octanol–water partition coefficient (Wildman–Crippen LogP) is 3.54. The van der Waals surface area contributed by atoms with Crippen LogP contribution in [0.15, 0.2) is 24.3 Å². The number of nitrogens with one attached hydrogen (secondary N) is 1. The standard InChI is InChI=1S/C16H25NO/c1-13-6-5-8-15(12-13)18-11-10-17-16-9-4-3-7-14(16)2/h5-6,8,12,14,16-17H,3-4,7,9-11H2,1-2H3. The molecule has 0 saturated heterocycles. The van der Waals surface area contributed by atoms with Crippen LogP contribution in [0.3, 0.4) is 0 Å². The third kappa shape index (κ3) is 4.02. The van der Waals surface area contributed by atoms with E-state index in [9.17, 15) is 0 Å². The van der Waals surface area contributed by atoms with E-state index in [1.807, 2.05) is 12.1 Å². The molecule has 1 fully saturated rings. The van der Waals surface area contributed by atoms with Crippen molar-refractivity contribution in [3.8, 4) is 5.75 Å². The maximum Gasteiger partial charge on any atom is 0.119 e. The van der Waals surface area contributed by atoms with Crippen molar-refractivity contribution < 1.29 is 4.74 Å². The molecule has 18 heavy (non-hydrogen) atoms. The molecule has 0 heterocycles. The summed E-state index contributed by atoms with van der Waals surface area (Å²) in [6, 6.07) is 8.94. The molecule has 0 bridgehead atoms. The zero-order valence-electron chi connectivity index (χ0n) is 11.6. The molecule has 2 heteroatoms. The third-order valence-electron chi connectivity index (χ3n) is 3.88. The molecule has 1 aliphatic carbocycles. The Hall–Kier alpha value is -1.02. The highest BCUT2D eigenvalue weighted by atomic mass is 16.5. The van der Waals surface area contributed by atoms with Crippen LogP contribution in [0, 0.1) is 12.8 Å². The Labute approximate surface area is 111 Å². The van der Waals surface area contributed by atoms with E-state index in [0.717, 1.165) is 24.8 Å². The summed E-state index contributed by atoms with van der Waals surface area (Å²) in [5.41, 5.74) is 1.25. The molecule has 0 amide bonds. The van der Waals surface area contributed by atoms with E-state index in [0.29, 0.717) is 6.04 Å². The summed E-state index contributed by atoms with van der Waals surface area (Å²) in [5.74, 6) is 1.80. The average molecular weight is 247 g/mol. The second-order valence-electron chi connectivity index (χ2n) is 5.49. The molecule has 2 rings (SSSR count). The number of benzene rings is 1. The van der Waals surface area contributed by atoms with Crippen LogP contribution in [-0.2, 0) is 0 Å². The molecule has 1 N–H and O–H groups in total. The maximum absolute atomic E-state index is 5.75. The van der Waals surface area contributed by atoms with E-state index in [-0.39, 0.29) is 0 Å². The van der Waals surface area contributed by atoms with Crippen molar-refractivity contribution in [3.05, 3.63) is 29.8 Å². The fraction of sp³-hybridized carbons (Fsp3) is 0.625. The molecule has 2 unspecified atom stereocenters. The van der Waals surface area contributed by atoms with Gasteiger partial charge in [-0.05, 0) is 43.4 Å². The second-order valence-corrected chi connectivity index (χ2v) is 5.49. The van der Waals surface area contributed by atoms with E-state index >= 15 is 0 Å². The van der Waals surface area contributed by atoms with Crippen molar-refractivity contribution >= 4 is 0 Å². The lowest BCUT2D eigenvalue weighted by Gasteiger charge is -2.29. The van der Waals surface area contributed by atoms with E-state index in [1.165, 1.54) is 31.2 Å². The van der Waals surface area contributed by atoms with E-state index < -0.39 is 0 Å². The Morgan fingerprint density at radius 1 is 1.28 bits per heavy atom. The minimum Gasteiger partial charge on any atom is -0.492 e. The highest BCUT2D eigenvalue weighted by molar-refractivity contribution is 5.27. The summed E-state index contributed by atoms with van der Waals surface area (Å²) in [4.78, 5) is 0. The first-order chi connectivity index (χ1) is 8.75. The van der Waals surface area contributed by atoms with Gasteiger partial charge in [0.05, 0.1) is 0 Å². The Kier molecular flexibility index (Phi) is 5.06. The van der Waals surface area contributed by atoms with Gasteiger partial charge in [0.1, 0.15) is 12.4 Å². The van der Waals surface area contributed by atoms with Crippen molar-refractivity contribution in [2.45, 2.75) is 45.6 Å². The van der Waals surface area contributed by atoms with E-state index in [4.69, 9.17) is 4.74 Å². The van der Waals surface area contributed by atoms with Gasteiger partial charge in [-0.15, -0.1) is 0 Å². The van der Waals surface area contributed by atoms with Gasteiger partial charge in [0.25, 0.3) is 0 Å². The van der Waals surface area contributed by atoms with Crippen molar-refractivity contribution in [1.82, 2.24) is 5.32 Å². The van der Waals surface area contributed by atoms with Gasteiger partial charge in [0.15, 0.2) is 0 Å². The monoisotopic (exact) mass is 247 g/mol. The lowest BCUT2D eigenvalue weighted by molar-refractivity contribution is 0.251. The molecule has 2 nitrogen and oxygen atoms in total. The molecule has 1 aromatic rings. The first-order valence-electron chi connectivity index (χ1n) is 7.18. The lowest BCUT2D eigenvalue weighted by Crippen LogP contribution is -2.39. The van der Waals surface area contributed by atoms with E-state index in [1.54, 1.807) is 0 Å². The van der Waals surface area contributed by atoms with Crippen molar-refractivity contribution in [2.24, 2.45) is 5.92 Å². The summed E-state index contributed by atoms with van der Waals surface area (Å²) in [6.07, 6.45) is 5.47. The summed E-state index contributed by atoms with van der Waals surface area (Å²) in [7, 11) is 0. The number of aryl methyl sites for hydroxylation is 1. The van der Waals surface area contributed by atoms with Gasteiger partial charge in [-0.25, -0.2) is 0 Å². The fourth-order valence-corrected chi connectivity index (χ4v) is 2.74. The van der Waals surface area contributed by atoms with Gasteiger partial charge >= 0.3 is 0 Å². The quantitative estimate of drug-likeness (QED) is 0.804. The summed E-state index contributed by atoms with van der Waals surface area (Å²) in [6.45, 7) is 6.16. The largest absolute Gasteiger partial charge is 0.492 e. The van der Waals surface area contributed by atoms with Crippen LogP contribution in [0.2, 0.25) is 0 Å². The predicted molar refractivity (Wildman–Crippen MR) is 76.1 cm³/mol. The SMILES string of the molecule is Cc1cccc(OCCNC2CCCCC2C)c1. The molecular formula is C16H25NO. The summed E-state index contributed by atoms with van der Waals surface area (Å²) in [5, 5.41) is 3.63. The topological polar surface area (TPSA) is 21.3 Å². The molecular weight excluding hydrogens is 222 g/mol. The van der Waals surface area contributed by atoms with Gasteiger partial charge in [-0.1, -0.05) is 31.9 Å². The third-order valence-corrected chi connectivity index (χ3v) is 3.88. The van der Waals surface area contributed by atoms with Crippen molar-refractivity contribution in [1.29, 1.82) is 0 Å². The van der Waals surface area contributed by atoms with Crippen molar-refractivity contribution in [3.63, 3.8) is 0 Å². The summed E-state index contributed by atoms with van der Waals surface area (Å²) < 4.78 is 5.75. The zero-order chi connectivity index (χ0) is 12.8. The number of hydrogen-bond acceptors (Lipinski definition) is 2. The molecule has 1 aromatic carbocycles. The van der Waals surface area contributed by atoms with Crippen LogP contribution < -0.4 is 10.1 Å². The van der Waals surface area contributed by atoms with Crippen LogP contribution in [-0.4, -0.2) is 19.2 Å². The highest BCUT2D eigenvalue weighted by Gasteiger charge is 2.19. The first kappa shape index (κ1) is 13.4. The Morgan fingerprint density at radius 2 is 2.11 bits per heavy atom. The van der Waals surface area contributed by atoms with Crippen molar-refractivity contribution in [2.75, 3.05) is 13.2 Å². The molecule has 1 aliphatic rings. The van der Waals surface area contributed by atoms with Crippen LogP contribution in [0.4, 0.5) is 0 Å². The highest BCUT2D eigenvalue weighted by Crippen LogP contribution is 2.23. The van der Waals surface area contributed by atoms with Gasteiger partial charge < -0.3 is 10.1 Å². The Balaban J connectivity index is 1.66. The molecule has 0 radical (unpaired) electrons. The van der Waals surface area contributed by atoms with Gasteiger partial charge in [-0.3, -0.25) is 0 Å². The minimum absolute atomic E-state index is 0.694. The number of ether oxygens (including phenoxy) is 1. The van der Waals surface area contributed by atoms with E-state index in [2.05, 4.69) is 31.3 Å². The number of hydrogen-bond donors (Lipinski definition) is 1. The molecule has 0 spiro atoms. The lowest BCUT2D eigenvalue weighted by atomic mass is 9.86. The maximum atomic E-state index is 5.75. The van der Waals surface area contributed by atoms with Crippen LogP contribution >= 0.6 is 0 Å². The average Bonchev–Trinajstić information content (AvgIpc) is 2.37. The van der Waals surface area contributed by atoms with Gasteiger partial charge in [-0.2, -0.15) is 0 Å². The summed E-state index contributed by atoms with van der Waals surface area (Å²) >= 11 is 0. The first-order valence-corrected chi connectivity index (χ1v) is 7.18. The number of rotatable bonds is 5. The van der Waals surface area contributed by atoms with Crippen LogP contribution in [0.1, 0.15) is 38.2 Å². The second kappa shape index (κ2) is 6.79. The zero-order valence-corrected chi connectivity index (χ0v) is 11.6. The molecule has 2 atom stereocenters. The van der Waals surface area contributed by atoms with Crippen LogP contribution in [0.25, 0.3) is 0 Å². The van der Waals surface area contributed by atoms with Gasteiger partial charge in [0.2, 0.25) is 0 Å². The minimum atomic E-state index is 0.694. The van der Waals surface area contributed by atoms with Crippen LogP contribution in [0.5, 0.6) is 5.75 Å². The normalized spacial score (nSPS) is 23.9. The van der Waals surface area contributed by atoms with Gasteiger partial charge in [0, 0.05) is 12.6 Å². The molecule has 0 aliphatic heterocycles. The Bertz CT molecular complexity index is 364.